The molecule has 1 N–H and O–H groups in total. The molecule has 44 heavy (non-hydrogen) atoms. The topological polar surface area (TPSA) is 78.2 Å². The van der Waals surface area contributed by atoms with Crippen molar-refractivity contribution in [1.29, 1.82) is 0 Å². The highest BCUT2D eigenvalue weighted by Crippen LogP contribution is 2.32. The Morgan fingerprint density at radius 1 is 0.932 bits per heavy atom. The highest BCUT2D eigenvalue weighted by atomic mass is 19.1. The number of pyridine rings is 1. The number of piperazine rings is 1. The third-order valence-electron chi connectivity index (χ3n) is 9.25. The van der Waals surface area contributed by atoms with Crippen LogP contribution in [0.4, 0.5) is 20.5 Å². The first-order chi connectivity index (χ1) is 21.2. The molecular formula is C33H43F2N9. The van der Waals surface area contributed by atoms with Gasteiger partial charge in [-0.2, -0.15) is 0 Å². The Morgan fingerprint density at radius 2 is 1.68 bits per heavy atom. The van der Waals surface area contributed by atoms with Crippen LogP contribution >= 0.6 is 0 Å². The summed E-state index contributed by atoms with van der Waals surface area (Å²) in [4.78, 5) is 25.3. The molecule has 1 atom stereocenters. The maximum Gasteiger partial charge on any atom is 0.229 e. The van der Waals surface area contributed by atoms with Gasteiger partial charge in [-0.3, -0.25) is 9.80 Å². The summed E-state index contributed by atoms with van der Waals surface area (Å²) in [6.45, 7) is 14.9. The minimum absolute atomic E-state index is 0.0140. The SMILES string of the molecule is CCC(c1ccc(Nc2ncc(F)c(-c3cc(F)c4nc(C)n(C(C)C)c4c3)n2)nc1)N1CCC(N2CCN(C)CC2)CC1. The number of anilines is 2. The second kappa shape index (κ2) is 12.8. The normalized spacial score (nSPS) is 18.4. The van der Waals surface area contributed by atoms with Gasteiger partial charge in [-0.1, -0.05) is 13.0 Å². The molecule has 0 spiro atoms. The molecule has 0 aliphatic carbocycles. The van der Waals surface area contributed by atoms with Gasteiger partial charge in [0.1, 0.15) is 22.9 Å². The molecule has 2 fully saturated rings. The molecule has 2 aliphatic rings. The first kappa shape index (κ1) is 30.5. The van der Waals surface area contributed by atoms with Crippen LogP contribution in [0, 0.1) is 18.6 Å². The van der Waals surface area contributed by atoms with Crippen molar-refractivity contribution in [2.75, 3.05) is 51.6 Å². The second-order valence-electron chi connectivity index (χ2n) is 12.5. The molecule has 2 saturated heterocycles. The van der Waals surface area contributed by atoms with Crippen LogP contribution < -0.4 is 5.32 Å². The molecule has 1 unspecified atom stereocenters. The summed E-state index contributed by atoms with van der Waals surface area (Å²) < 4.78 is 32.0. The summed E-state index contributed by atoms with van der Waals surface area (Å²) in [5, 5.41) is 3.10. The van der Waals surface area contributed by atoms with E-state index in [1.54, 1.807) is 6.07 Å². The van der Waals surface area contributed by atoms with Crippen molar-refractivity contribution in [3.63, 3.8) is 0 Å². The van der Waals surface area contributed by atoms with E-state index in [1.165, 1.54) is 37.6 Å². The highest BCUT2D eigenvalue weighted by Gasteiger charge is 2.30. The van der Waals surface area contributed by atoms with Gasteiger partial charge in [0.25, 0.3) is 0 Å². The molecule has 4 aromatic rings. The van der Waals surface area contributed by atoms with Gasteiger partial charge in [0.15, 0.2) is 11.6 Å². The van der Waals surface area contributed by atoms with E-state index in [9.17, 15) is 4.39 Å². The number of nitrogens with zero attached hydrogens (tertiary/aromatic N) is 8. The first-order valence-electron chi connectivity index (χ1n) is 15.8. The number of fused-ring (bicyclic) bond motifs is 1. The van der Waals surface area contributed by atoms with E-state index in [1.807, 2.05) is 37.6 Å². The largest absolute Gasteiger partial charge is 0.326 e. The molecule has 3 aromatic heterocycles. The number of benzene rings is 1. The van der Waals surface area contributed by atoms with E-state index in [2.05, 4.69) is 60.0 Å². The molecule has 2 aliphatic heterocycles. The number of hydrogen-bond donors (Lipinski definition) is 1. The van der Waals surface area contributed by atoms with Crippen molar-refractivity contribution in [3.8, 4) is 11.3 Å². The van der Waals surface area contributed by atoms with Crippen LogP contribution in [0.25, 0.3) is 22.3 Å². The average Bonchev–Trinajstić information content (AvgIpc) is 3.36. The minimum Gasteiger partial charge on any atom is -0.326 e. The standard InChI is InChI=1S/C33H43F2N9/c1-6-28(43-11-9-25(10-12-43)42-15-13-41(5)14-16-42)23-7-8-30(36-19-23)39-33-37-20-27(35)31(40-33)24-17-26(34)32-29(18-24)44(21(2)3)22(4)38-32/h7-8,17-21,25,28H,6,9-16H2,1-5H3,(H,36,37,39,40). The molecule has 0 radical (unpaired) electrons. The Kier molecular flexibility index (Phi) is 8.89. The van der Waals surface area contributed by atoms with E-state index in [0.29, 0.717) is 34.8 Å². The van der Waals surface area contributed by atoms with Gasteiger partial charge < -0.3 is 14.8 Å². The zero-order valence-corrected chi connectivity index (χ0v) is 26.4. The predicted octanol–water partition coefficient (Wildman–Crippen LogP) is 5.96. The predicted molar refractivity (Wildman–Crippen MR) is 170 cm³/mol. The molecule has 11 heteroatoms. The number of likely N-dealkylation sites (N-methyl/N-ethyl adjacent to an activating group) is 1. The molecule has 1 aromatic carbocycles. The molecule has 9 nitrogen and oxygen atoms in total. The van der Waals surface area contributed by atoms with Gasteiger partial charge >= 0.3 is 0 Å². The Balaban J connectivity index is 1.15. The Labute approximate surface area is 258 Å². The third-order valence-corrected chi connectivity index (χ3v) is 9.25. The number of nitrogens with one attached hydrogen (secondary N) is 1. The number of hydrogen-bond acceptors (Lipinski definition) is 8. The molecule has 0 saturated carbocycles. The lowest BCUT2D eigenvalue weighted by molar-refractivity contribution is 0.0529. The van der Waals surface area contributed by atoms with Crippen molar-refractivity contribution in [1.82, 2.24) is 39.2 Å². The van der Waals surface area contributed by atoms with Crippen LogP contribution in [0.15, 0.2) is 36.7 Å². The molecule has 234 valence electrons. The Morgan fingerprint density at radius 3 is 2.34 bits per heavy atom. The summed E-state index contributed by atoms with van der Waals surface area (Å²) in [6.07, 6.45) is 6.42. The lowest BCUT2D eigenvalue weighted by atomic mass is 9.97. The number of piperidine rings is 1. The zero-order chi connectivity index (χ0) is 31.0. The average molecular weight is 604 g/mol. The quantitative estimate of drug-likeness (QED) is 0.264. The van der Waals surface area contributed by atoms with Crippen LogP contribution in [0.2, 0.25) is 0 Å². The van der Waals surface area contributed by atoms with Gasteiger partial charge in [0.05, 0.1) is 11.7 Å². The van der Waals surface area contributed by atoms with E-state index in [0.717, 1.165) is 38.8 Å². The molecular weight excluding hydrogens is 560 g/mol. The van der Waals surface area contributed by atoms with Crippen molar-refractivity contribution in [2.24, 2.45) is 0 Å². The van der Waals surface area contributed by atoms with E-state index < -0.39 is 11.6 Å². The number of imidazole rings is 1. The molecule has 5 heterocycles. The summed E-state index contributed by atoms with van der Waals surface area (Å²) in [6, 6.07) is 8.09. The van der Waals surface area contributed by atoms with Crippen molar-refractivity contribution in [3.05, 3.63) is 59.7 Å². The summed E-state index contributed by atoms with van der Waals surface area (Å²) in [5.41, 5.74) is 2.39. The Hall–Kier alpha value is -3.54. The van der Waals surface area contributed by atoms with E-state index >= 15 is 4.39 Å². The molecule has 6 rings (SSSR count). The fourth-order valence-corrected chi connectivity index (χ4v) is 6.93. The monoisotopic (exact) mass is 603 g/mol. The van der Waals surface area contributed by atoms with Crippen LogP contribution in [-0.4, -0.2) is 91.6 Å². The maximum atomic E-state index is 15.1. The minimum atomic E-state index is -0.632. The van der Waals surface area contributed by atoms with Gasteiger partial charge in [-0.05, 0) is 70.8 Å². The van der Waals surface area contributed by atoms with Crippen molar-refractivity contribution < 1.29 is 8.78 Å². The maximum absolute atomic E-state index is 15.1. The lowest BCUT2D eigenvalue weighted by Gasteiger charge is -2.43. The van der Waals surface area contributed by atoms with Crippen LogP contribution in [0.1, 0.15) is 63.5 Å². The number of likely N-dealkylation sites (tertiary alicyclic amines) is 1. The number of aryl methyl sites for hydroxylation is 1. The lowest BCUT2D eigenvalue weighted by Crippen LogP contribution is -2.52. The summed E-state index contributed by atoms with van der Waals surface area (Å²) >= 11 is 0. The highest BCUT2D eigenvalue weighted by molar-refractivity contribution is 5.83. The van der Waals surface area contributed by atoms with E-state index in [-0.39, 0.29) is 23.2 Å². The molecule has 0 bridgehead atoms. The van der Waals surface area contributed by atoms with Crippen LogP contribution in [0.5, 0.6) is 0 Å². The van der Waals surface area contributed by atoms with Crippen LogP contribution in [0.3, 0.4) is 0 Å². The second-order valence-corrected chi connectivity index (χ2v) is 12.5. The van der Waals surface area contributed by atoms with Gasteiger partial charge in [-0.15, -0.1) is 0 Å². The smallest absolute Gasteiger partial charge is 0.229 e. The number of halogens is 2. The van der Waals surface area contributed by atoms with Gasteiger partial charge in [0.2, 0.25) is 5.95 Å². The number of aromatic nitrogens is 5. The molecule has 0 amide bonds. The summed E-state index contributed by atoms with van der Waals surface area (Å²) in [5.74, 6) is 0.302. The number of rotatable bonds is 8. The fraction of sp³-hybridized carbons (Fsp3) is 0.515. The van der Waals surface area contributed by atoms with E-state index in [4.69, 9.17) is 0 Å². The van der Waals surface area contributed by atoms with Crippen LogP contribution in [-0.2, 0) is 0 Å². The fourth-order valence-electron chi connectivity index (χ4n) is 6.93. The Bertz CT molecular complexity index is 1590. The zero-order valence-electron chi connectivity index (χ0n) is 26.4. The van der Waals surface area contributed by atoms with Crippen molar-refractivity contribution in [2.45, 2.75) is 65.1 Å². The third kappa shape index (κ3) is 6.18. The van der Waals surface area contributed by atoms with Gasteiger partial charge in [-0.25, -0.2) is 28.7 Å². The van der Waals surface area contributed by atoms with Gasteiger partial charge in [0, 0.05) is 69.2 Å². The first-order valence-corrected chi connectivity index (χ1v) is 15.8. The van der Waals surface area contributed by atoms with Crippen molar-refractivity contribution >= 4 is 22.8 Å². The summed E-state index contributed by atoms with van der Waals surface area (Å²) in [7, 11) is 2.21.